The van der Waals surface area contributed by atoms with Gasteiger partial charge in [-0.05, 0) is 71.2 Å². The van der Waals surface area contributed by atoms with E-state index in [0.29, 0.717) is 0 Å². The van der Waals surface area contributed by atoms with Gasteiger partial charge in [-0.2, -0.15) is 0 Å². The van der Waals surface area contributed by atoms with Crippen LogP contribution < -0.4 is 9.47 Å². The minimum absolute atomic E-state index is 0.0378. The molecule has 0 aliphatic rings. The van der Waals surface area contributed by atoms with Crippen molar-refractivity contribution in [2.24, 2.45) is 0 Å². The summed E-state index contributed by atoms with van der Waals surface area (Å²) in [4.78, 5) is 0. The van der Waals surface area contributed by atoms with Crippen molar-refractivity contribution in [2.45, 2.75) is 48.7 Å². The summed E-state index contributed by atoms with van der Waals surface area (Å²) >= 11 is 8.31. The number of ether oxygens (including phenoxy) is 2. The zero-order valence-electron chi connectivity index (χ0n) is 20.3. The van der Waals surface area contributed by atoms with Gasteiger partial charge in [0.1, 0.15) is 11.5 Å². The fourth-order valence-corrected chi connectivity index (χ4v) is 10.1. The summed E-state index contributed by atoms with van der Waals surface area (Å²) in [6, 6.07) is 17.5. The molecule has 178 valence electrons. The lowest BCUT2D eigenvalue weighted by atomic mass is 10.0. The van der Waals surface area contributed by atoms with Gasteiger partial charge in [-0.25, -0.2) is 0 Å². The van der Waals surface area contributed by atoms with E-state index >= 15 is 0 Å². The molecular weight excluding hydrogens is 473 g/mol. The molecule has 6 heteroatoms. The van der Waals surface area contributed by atoms with Crippen molar-refractivity contribution < 1.29 is 9.47 Å². The van der Waals surface area contributed by atoms with Crippen LogP contribution >= 0.6 is 47.0 Å². The zero-order valence-corrected chi connectivity index (χ0v) is 23.6. The van der Waals surface area contributed by atoms with Crippen molar-refractivity contribution >= 4 is 47.0 Å². The van der Waals surface area contributed by atoms with Gasteiger partial charge in [0, 0.05) is 0 Å². The first-order chi connectivity index (χ1) is 15.5. The van der Waals surface area contributed by atoms with E-state index in [1.807, 2.05) is 0 Å². The molecule has 0 saturated heterocycles. The maximum atomic E-state index is 5.43. The number of methoxy groups -OCH3 is 2. The molecule has 0 aromatic heterocycles. The monoisotopic (exact) mass is 510 g/mol. The summed E-state index contributed by atoms with van der Waals surface area (Å²) in [6.07, 6.45) is 2.23. The van der Waals surface area contributed by atoms with Gasteiger partial charge in [0.15, 0.2) is 0 Å². The molecule has 0 N–H and O–H groups in total. The molecular formula is C26H38O2S4. The molecule has 2 aromatic rings. The average Bonchev–Trinajstić information content (AvgIpc) is 2.83. The number of hydrogen-bond acceptors (Lipinski definition) is 6. The quantitative estimate of drug-likeness (QED) is 0.222. The van der Waals surface area contributed by atoms with Crippen LogP contribution in [0.25, 0.3) is 0 Å². The van der Waals surface area contributed by atoms with E-state index in [1.165, 1.54) is 11.1 Å². The Kier molecular flexibility index (Phi) is 12.1. The van der Waals surface area contributed by atoms with Crippen LogP contribution in [-0.4, -0.2) is 37.2 Å². The van der Waals surface area contributed by atoms with Crippen LogP contribution in [0.3, 0.4) is 0 Å². The summed E-state index contributed by atoms with van der Waals surface area (Å²) in [7, 11) is 3.47. The van der Waals surface area contributed by atoms with Crippen molar-refractivity contribution in [2.75, 3.05) is 37.2 Å². The Labute approximate surface area is 212 Å². The van der Waals surface area contributed by atoms with E-state index in [1.54, 1.807) is 14.2 Å². The molecule has 32 heavy (non-hydrogen) atoms. The van der Waals surface area contributed by atoms with E-state index in [2.05, 4.69) is 123 Å². The zero-order chi connectivity index (χ0) is 23.5. The second-order valence-corrected chi connectivity index (χ2v) is 14.0. The van der Waals surface area contributed by atoms with Crippen LogP contribution in [0.2, 0.25) is 0 Å². The molecule has 2 rings (SSSR count). The smallest absolute Gasteiger partial charge is 0.118 e. The molecule has 2 nitrogen and oxygen atoms in total. The Morgan fingerprint density at radius 3 is 1.03 bits per heavy atom. The summed E-state index contributed by atoms with van der Waals surface area (Å²) in [5.74, 6) is 6.21. The van der Waals surface area contributed by atoms with Crippen molar-refractivity contribution in [3.8, 4) is 11.5 Å². The van der Waals surface area contributed by atoms with Gasteiger partial charge in [0.05, 0.1) is 22.4 Å². The van der Waals surface area contributed by atoms with Gasteiger partial charge in [-0.15, -0.1) is 47.0 Å². The van der Waals surface area contributed by atoms with Gasteiger partial charge in [-0.1, -0.05) is 52.0 Å². The third-order valence-electron chi connectivity index (χ3n) is 5.35. The van der Waals surface area contributed by atoms with Crippen LogP contribution in [0.5, 0.6) is 11.5 Å². The normalized spacial score (nSPS) is 12.1. The van der Waals surface area contributed by atoms with Gasteiger partial charge in [0.2, 0.25) is 0 Å². The molecule has 0 radical (unpaired) electrons. The highest BCUT2D eigenvalue weighted by molar-refractivity contribution is 8.18. The molecule has 2 aromatic carbocycles. The van der Waals surface area contributed by atoms with E-state index < -0.39 is 0 Å². The van der Waals surface area contributed by atoms with Gasteiger partial charge < -0.3 is 9.47 Å². The molecule has 0 heterocycles. The largest absolute Gasteiger partial charge is 0.497 e. The van der Waals surface area contributed by atoms with Gasteiger partial charge >= 0.3 is 0 Å². The lowest BCUT2D eigenvalue weighted by molar-refractivity contribution is 0.414. The highest BCUT2D eigenvalue weighted by atomic mass is 32.2. The Bertz CT molecular complexity index is 698. The second-order valence-electron chi connectivity index (χ2n) is 7.19. The third-order valence-corrected chi connectivity index (χ3v) is 11.5. The molecule has 0 fully saturated rings. The summed E-state index contributed by atoms with van der Waals surface area (Å²) in [5.41, 5.74) is 2.78. The lowest BCUT2D eigenvalue weighted by Crippen LogP contribution is -2.26. The minimum Gasteiger partial charge on any atom is -0.497 e. The first-order valence-corrected chi connectivity index (χ1v) is 15.3. The van der Waals surface area contributed by atoms with E-state index in [-0.39, 0.29) is 8.16 Å². The Hall–Kier alpha value is -0.560. The van der Waals surface area contributed by atoms with Crippen LogP contribution in [-0.2, 0) is 8.16 Å². The molecule has 0 spiro atoms. The van der Waals surface area contributed by atoms with Gasteiger partial charge in [0.25, 0.3) is 0 Å². The molecule has 0 saturated carbocycles. The van der Waals surface area contributed by atoms with E-state index in [0.717, 1.165) is 47.4 Å². The summed E-state index contributed by atoms with van der Waals surface area (Å²) < 4.78 is 10.9. The highest BCUT2D eigenvalue weighted by Crippen LogP contribution is 2.56. The predicted octanol–water partition coefficient (Wildman–Crippen LogP) is 8.50. The summed E-state index contributed by atoms with van der Waals surface area (Å²) in [5, 5.41) is 0. The average molecular weight is 511 g/mol. The van der Waals surface area contributed by atoms with Crippen LogP contribution in [0.1, 0.15) is 51.7 Å². The maximum absolute atomic E-state index is 5.43. The highest BCUT2D eigenvalue weighted by Gasteiger charge is 2.39. The predicted molar refractivity (Wildman–Crippen MR) is 151 cm³/mol. The number of thioether (sulfide) groups is 4. The van der Waals surface area contributed by atoms with Crippen molar-refractivity contribution in [1.29, 1.82) is 0 Å². The SMILES string of the molecule is CCSC(CCC(SCC)(SCC)c1ccc(OC)cc1)(SCC)c1ccc(OC)cc1. The molecule has 0 amide bonds. The van der Waals surface area contributed by atoms with Crippen molar-refractivity contribution in [1.82, 2.24) is 0 Å². The first kappa shape index (κ1) is 27.7. The van der Waals surface area contributed by atoms with Crippen LogP contribution in [0, 0.1) is 0 Å². The molecule has 0 unspecified atom stereocenters. The van der Waals surface area contributed by atoms with Crippen LogP contribution in [0.4, 0.5) is 0 Å². The third kappa shape index (κ3) is 6.97. The molecule has 0 aliphatic heterocycles. The minimum atomic E-state index is 0.0378. The van der Waals surface area contributed by atoms with Crippen molar-refractivity contribution in [3.05, 3.63) is 59.7 Å². The topological polar surface area (TPSA) is 18.5 Å². The number of benzene rings is 2. The van der Waals surface area contributed by atoms with Crippen LogP contribution in [0.15, 0.2) is 48.5 Å². The summed E-state index contributed by atoms with van der Waals surface area (Å²) in [6.45, 7) is 9.10. The fourth-order valence-electron chi connectivity index (χ4n) is 3.95. The molecule has 0 bridgehead atoms. The first-order valence-electron chi connectivity index (χ1n) is 11.4. The molecule has 0 aliphatic carbocycles. The lowest BCUT2D eigenvalue weighted by Gasteiger charge is -2.39. The second kappa shape index (κ2) is 14.0. The van der Waals surface area contributed by atoms with Gasteiger partial charge in [-0.3, -0.25) is 0 Å². The number of hydrogen-bond donors (Lipinski definition) is 0. The Morgan fingerprint density at radius 2 is 0.812 bits per heavy atom. The fraction of sp³-hybridized carbons (Fsp3) is 0.538. The standard InChI is InChI=1S/C26H38O2S4/c1-7-29-25(30-8-2,21-11-15-23(27-5)16-12-21)19-20-26(31-9-3,32-10-4)22-13-17-24(28-6)18-14-22/h11-18H,7-10,19-20H2,1-6H3. The number of rotatable bonds is 15. The molecule has 0 atom stereocenters. The maximum Gasteiger partial charge on any atom is 0.118 e. The van der Waals surface area contributed by atoms with E-state index in [4.69, 9.17) is 9.47 Å². The Morgan fingerprint density at radius 1 is 0.531 bits per heavy atom. The van der Waals surface area contributed by atoms with E-state index in [9.17, 15) is 0 Å². The Balaban J connectivity index is 2.44. The van der Waals surface area contributed by atoms with Crippen molar-refractivity contribution in [3.63, 3.8) is 0 Å².